The maximum Gasteiger partial charge on any atom is 0.255 e. The molecular formula is C21H22N2O3. The monoisotopic (exact) mass is 350 g/mol. The van der Waals surface area contributed by atoms with E-state index in [9.17, 15) is 9.59 Å². The summed E-state index contributed by atoms with van der Waals surface area (Å²) in [5.74, 6) is 0.459. The number of carbonyl (C=O) groups excluding carboxylic acids is 2. The molecular weight excluding hydrogens is 328 g/mol. The second kappa shape index (κ2) is 8.34. The van der Waals surface area contributed by atoms with Crippen LogP contribution >= 0.6 is 0 Å². The molecule has 0 aliphatic carbocycles. The van der Waals surface area contributed by atoms with Gasteiger partial charge in [0.2, 0.25) is 5.91 Å². The number of likely N-dealkylation sites (tertiary alicyclic amines) is 1. The minimum absolute atomic E-state index is 0.0301. The van der Waals surface area contributed by atoms with Crippen LogP contribution in [0.15, 0.2) is 54.6 Å². The summed E-state index contributed by atoms with van der Waals surface area (Å²) < 4.78 is 5.11. The first-order valence-electron chi connectivity index (χ1n) is 8.69. The van der Waals surface area contributed by atoms with Crippen LogP contribution in [0.3, 0.4) is 0 Å². The van der Waals surface area contributed by atoms with Crippen molar-refractivity contribution >= 4 is 23.6 Å². The molecule has 2 aromatic carbocycles. The molecule has 0 aromatic heterocycles. The Morgan fingerprint density at radius 2 is 1.73 bits per heavy atom. The lowest BCUT2D eigenvalue weighted by Gasteiger charge is -2.17. The van der Waals surface area contributed by atoms with E-state index in [0.29, 0.717) is 11.3 Å². The summed E-state index contributed by atoms with van der Waals surface area (Å²) in [5.41, 5.74) is 1.96. The van der Waals surface area contributed by atoms with Gasteiger partial charge in [-0.3, -0.25) is 9.59 Å². The fraction of sp³-hybridized carbons (Fsp3) is 0.238. The highest BCUT2D eigenvalue weighted by Gasteiger charge is 2.21. The largest absolute Gasteiger partial charge is 0.497 e. The van der Waals surface area contributed by atoms with Gasteiger partial charge in [-0.1, -0.05) is 24.3 Å². The van der Waals surface area contributed by atoms with Gasteiger partial charge in [0, 0.05) is 19.2 Å². The molecule has 1 fully saturated rings. The highest BCUT2D eigenvalue weighted by Crippen LogP contribution is 2.20. The van der Waals surface area contributed by atoms with Crippen LogP contribution < -0.4 is 10.1 Å². The van der Waals surface area contributed by atoms with Crippen LogP contribution in [0.2, 0.25) is 0 Å². The number of anilines is 1. The van der Waals surface area contributed by atoms with Crippen molar-refractivity contribution in [3.05, 3.63) is 65.7 Å². The number of amides is 2. The van der Waals surface area contributed by atoms with Gasteiger partial charge in [0.25, 0.3) is 5.91 Å². The van der Waals surface area contributed by atoms with Gasteiger partial charge in [0.05, 0.1) is 18.4 Å². The molecule has 1 saturated heterocycles. The van der Waals surface area contributed by atoms with Crippen molar-refractivity contribution in [2.45, 2.75) is 12.8 Å². The van der Waals surface area contributed by atoms with E-state index in [-0.39, 0.29) is 11.8 Å². The molecule has 0 radical (unpaired) electrons. The molecule has 0 saturated carbocycles. The van der Waals surface area contributed by atoms with Gasteiger partial charge >= 0.3 is 0 Å². The van der Waals surface area contributed by atoms with Crippen LogP contribution in [-0.2, 0) is 4.79 Å². The van der Waals surface area contributed by atoms with Crippen molar-refractivity contribution in [2.24, 2.45) is 0 Å². The smallest absolute Gasteiger partial charge is 0.255 e. The summed E-state index contributed by atoms with van der Waals surface area (Å²) in [4.78, 5) is 26.7. The van der Waals surface area contributed by atoms with Crippen molar-refractivity contribution in [1.29, 1.82) is 0 Å². The second-order valence-electron chi connectivity index (χ2n) is 6.14. The van der Waals surface area contributed by atoms with Crippen molar-refractivity contribution in [3.8, 4) is 5.75 Å². The molecule has 134 valence electrons. The van der Waals surface area contributed by atoms with E-state index in [1.807, 2.05) is 41.3 Å². The number of para-hydroxylation sites is 1. The number of nitrogens with one attached hydrogen (secondary N) is 1. The van der Waals surface area contributed by atoms with Crippen molar-refractivity contribution in [2.75, 3.05) is 25.5 Å². The van der Waals surface area contributed by atoms with E-state index in [1.165, 1.54) is 6.08 Å². The predicted molar refractivity (Wildman–Crippen MR) is 102 cm³/mol. The molecule has 2 aromatic rings. The quantitative estimate of drug-likeness (QED) is 0.839. The molecule has 1 N–H and O–H groups in total. The van der Waals surface area contributed by atoms with Gasteiger partial charge in [0.1, 0.15) is 5.75 Å². The van der Waals surface area contributed by atoms with E-state index < -0.39 is 0 Å². The molecule has 0 atom stereocenters. The molecule has 0 spiro atoms. The van der Waals surface area contributed by atoms with Crippen LogP contribution in [0.1, 0.15) is 28.8 Å². The van der Waals surface area contributed by atoms with E-state index in [4.69, 9.17) is 4.74 Å². The lowest BCUT2D eigenvalue weighted by atomic mass is 10.1. The summed E-state index contributed by atoms with van der Waals surface area (Å²) in [6, 6.07) is 14.5. The number of benzene rings is 2. The zero-order chi connectivity index (χ0) is 18.4. The molecule has 2 amide bonds. The minimum Gasteiger partial charge on any atom is -0.497 e. The number of hydrogen-bond donors (Lipinski definition) is 1. The average Bonchev–Trinajstić information content (AvgIpc) is 3.21. The third-order valence-electron chi connectivity index (χ3n) is 4.35. The Hall–Kier alpha value is -3.08. The number of ether oxygens (including phenoxy) is 1. The van der Waals surface area contributed by atoms with Crippen LogP contribution in [0, 0.1) is 0 Å². The summed E-state index contributed by atoms with van der Waals surface area (Å²) in [6.07, 6.45) is 5.24. The fourth-order valence-electron chi connectivity index (χ4n) is 2.93. The Labute approximate surface area is 153 Å². The van der Waals surface area contributed by atoms with Gasteiger partial charge in [-0.2, -0.15) is 0 Å². The summed E-state index contributed by atoms with van der Waals surface area (Å²) >= 11 is 0. The minimum atomic E-state index is -0.275. The standard InChI is InChI=1S/C21H22N2O3/c1-26-17-11-8-16(9-12-17)10-13-20(24)22-19-7-3-2-6-18(19)21(25)23-14-4-5-15-23/h2-3,6-13H,4-5,14-15H2,1H3,(H,22,24)/b13-10+. The van der Waals surface area contributed by atoms with E-state index >= 15 is 0 Å². The van der Waals surface area contributed by atoms with Crippen LogP contribution in [0.4, 0.5) is 5.69 Å². The van der Waals surface area contributed by atoms with E-state index in [0.717, 1.165) is 37.2 Å². The number of nitrogens with zero attached hydrogens (tertiary/aromatic N) is 1. The molecule has 3 rings (SSSR count). The topological polar surface area (TPSA) is 58.6 Å². The SMILES string of the molecule is COc1ccc(/C=C/C(=O)Nc2ccccc2C(=O)N2CCCC2)cc1. The highest BCUT2D eigenvalue weighted by molar-refractivity contribution is 6.07. The van der Waals surface area contributed by atoms with Crippen LogP contribution in [0.25, 0.3) is 6.08 Å². The third kappa shape index (κ3) is 4.30. The van der Waals surface area contributed by atoms with Gasteiger partial charge in [-0.05, 0) is 48.7 Å². The zero-order valence-corrected chi connectivity index (χ0v) is 14.8. The van der Waals surface area contributed by atoms with E-state index in [1.54, 1.807) is 25.3 Å². The Morgan fingerprint density at radius 3 is 2.42 bits per heavy atom. The molecule has 1 aliphatic rings. The predicted octanol–water partition coefficient (Wildman–Crippen LogP) is 3.58. The maximum absolute atomic E-state index is 12.6. The summed E-state index contributed by atoms with van der Waals surface area (Å²) in [6.45, 7) is 1.55. The zero-order valence-electron chi connectivity index (χ0n) is 14.8. The summed E-state index contributed by atoms with van der Waals surface area (Å²) in [5, 5.41) is 2.81. The first-order chi connectivity index (χ1) is 12.7. The Bertz CT molecular complexity index is 806. The van der Waals surface area contributed by atoms with Gasteiger partial charge in [0.15, 0.2) is 0 Å². The molecule has 26 heavy (non-hydrogen) atoms. The van der Waals surface area contributed by atoms with E-state index in [2.05, 4.69) is 5.32 Å². The molecule has 1 aliphatic heterocycles. The number of hydrogen-bond acceptors (Lipinski definition) is 3. The van der Waals surface area contributed by atoms with Crippen LogP contribution in [-0.4, -0.2) is 36.9 Å². The lowest BCUT2D eigenvalue weighted by molar-refractivity contribution is -0.111. The van der Waals surface area contributed by atoms with Crippen LogP contribution in [0.5, 0.6) is 5.75 Å². The fourth-order valence-corrected chi connectivity index (χ4v) is 2.93. The summed E-state index contributed by atoms with van der Waals surface area (Å²) in [7, 11) is 1.61. The highest BCUT2D eigenvalue weighted by atomic mass is 16.5. The molecule has 1 heterocycles. The molecule has 0 unspecified atom stereocenters. The average molecular weight is 350 g/mol. The lowest BCUT2D eigenvalue weighted by Crippen LogP contribution is -2.28. The number of rotatable bonds is 5. The Balaban J connectivity index is 1.68. The third-order valence-corrected chi connectivity index (χ3v) is 4.35. The normalized spacial score (nSPS) is 13.8. The second-order valence-corrected chi connectivity index (χ2v) is 6.14. The Morgan fingerprint density at radius 1 is 1.04 bits per heavy atom. The number of methoxy groups -OCH3 is 1. The first-order valence-corrected chi connectivity index (χ1v) is 8.69. The van der Waals surface area contributed by atoms with Gasteiger partial charge < -0.3 is 15.0 Å². The maximum atomic E-state index is 12.6. The van der Waals surface area contributed by atoms with Gasteiger partial charge in [-0.15, -0.1) is 0 Å². The number of carbonyl (C=O) groups is 2. The van der Waals surface area contributed by atoms with Gasteiger partial charge in [-0.25, -0.2) is 0 Å². The van der Waals surface area contributed by atoms with Crippen molar-refractivity contribution < 1.29 is 14.3 Å². The molecule has 0 bridgehead atoms. The van der Waals surface area contributed by atoms with Crippen molar-refractivity contribution in [3.63, 3.8) is 0 Å². The first kappa shape index (κ1) is 17.7. The Kier molecular flexibility index (Phi) is 5.69. The molecule has 5 heteroatoms. The van der Waals surface area contributed by atoms with Crippen molar-refractivity contribution in [1.82, 2.24) is 4.90 Å². The molecule has 5 nitrogen and oxygen atoms in total.